The Kier molecular flexibility index (Phi) is 5.93. The van der Waals surface area contributed by atoms with Crippen molar-refractivity contribution in [2.45, 2.75) is 4.90 Å². The fourth-order valence-electron chi connectivity index (χ4n) is 2.78. The fraction of sp³-hybridized carbons (Fsp3) is 0.294. The van der Waals surface area contributed by atoms with E-state index in [1.807, 2.05) is 30.5 Å². The van der Waals surface area contributed by atoms with Crippen molar-refractivity contribution in [3.8, 4) is 0 Å². The predicted octanol–water partition coefficient (Wildman–Crippen LogP) is 4.46. The highest BCUT2D eigenvalue weighted by molar-refractivity contribution is 7.98. The number of para-hydroxylation sites is 1. The van der Waals surface area contributed by atoms with Gasteiger partial charge in [0.1, 0.15) is 0 Å². The summed E-state index contributed by atoms with van der Waals surface area (Å²) in [4.78, 5) is 21.5. The van der Waals surface area contributed by atoms with Crippen molar-refractivity contribution in [1.82, 2.24) is 9.88 Å². The minimum Gasteiger partial charge on any atom is -0.365 e. The summed E-state index contributed by atoms with van der Waals surface area (Å²) in [7, 11) is 0. The molecule has 1 aliphatic heterocycles. The van der Waals surface area contributed by atoms with E-state index in [4.69, 9.17) is 23.2 Å². The van der Waals surface area contributed by atoms with Gasteiger partial charge in [-0.15, -0.1) is 11.8 Å². The SMILES string of the molecule is CSc1ccccc1NC(=O)N1CCN(c2c(Cl)cncc2Cl)CC1. The maximum atomic E-state index is 12.5. The van der Waals surface area contributed by atoms with Gasteiger partial charge in [0.15, 0.2) is 0 Å². The molecule has 1 fully saturated rings. The largest absolute Gasteiger partial charge is 0.365 e. The number of pyridine rings is 1. The molecule has 2 aromatic rings. The highest BCUT2D eigenvalue weighted by atomic mass is 35.5. The average molecular weight is 397 g/mol. The van der Waals surface area contributed by atoms with Crippen LogP contribution in [0.4, 0.5) is 16.2 Å². The lowest BCUT2D eigenvalue weighted by Gasteiger charge is -2.36. The molecule has 0 atom stereocenters. The number of benzene rings is 1. The van der Waals surface area contributed by atoms with Gasteiger partial charge in [0, 0.05) is 43.5 Å². The maximum Gasteiger partial charge on any atom is 0.321 e. The number of carbonyl (C=O) groups is 1. The van der Waals surface area contributed by atoms with E-state index in [1.54, 1.807) is 29.1 Å². The topological polar surface area (TPSA) is 48.5 Å². The van der Waals surface area contributed by atoms with Crippen LogP contribution in [0.2, 0.25) is 10.0 Å². The van der Waals surface area contributed by atoms with Crippen molar-refractivity contribution >= 4 is 52.4 Å². The van der Waals surface area contributed by atoms with Crippen molar-refractivity contribution in [3.05, 3.63) is 46.7 Å². The number of anilines is 2. The fourth-order valence-corrected chi connectivity index (χ4v) is 3.94. The van der Waals surface area contributed by atoms with E-state index in [2.05, 4.69) is 15.2 Å². The van der Waals surface area contributed by atoms with Gasteiger partial charge in [0.05, 0.1) is 21.4 Å². The molecule has 1 aliphatic rings. The van der Waals surface area contributed by atoms with E-state index in [-0.39, 0.29) is 6.03 Å². The Hall–Kier alpha value is -1.63. The molecule has 1 saturated heterocycles. The molecule has 0 radical (unpaired) electrons. The molecule has 2 amide bonds. The number of thioether (sulfide) groups is 1. The van der Waals surface area contributed by atoms with E-state index >= 15 is 0 Å². The molecule has 0 unspecified atom stereocenters. The number of nitrogens with one attached hydrogen (secondary N) is 1. The number of urea groups is 1. The second-order valence-electron chi connectivity index (χ2n) is 5.56. The Morgan fingerprint density at radius 3 is 2.40 bits per heavy atom. The summed E-state index contributed by atoms with van der Waals surface area (Å²) in [5, 5.41) is 4.05. The van der Waals surface area contributed by atoms with Crippen LogP contribution in [0.5, 0.6) is 0 Å². The van der Waals surface area contributed by atoms with Gasteiger partial charge in [-0.3, -0.25) is 4.98 Å². The summed E-state index contributed by atoms with van der Waals surface area (Å²) in [6.45, 7) is 2.53. The molecule has 0 spiro atoms. The number of rotatable bonds is 3. The highest BCUT2D eigenvalue weighted by Crippen LogP contribution is 2.33. The lowest BCUT2D eigenvalue weighted by atomic mass is 10.2. The first-order valence-corrected chi connectivity index (χ1v) is 9.81. The second kappa shape index (κ2) is 8.17. The monoisotopic (exact) mass is 396 g/mol. The van der Waals surface area contributed by atoms with Gasteiger partial charge in [-0.2, -0.15) is 0 Å². The molecular weight excluding hydrogens is 379 g/mol. The molecule has 1 N–H and O–H groups in total. The number of piperazine rings is 1. The predicted molar refractivity (Wildman–Crippen MR) is 105 cm³/mol. The van der Waals surface area contributed by atoms with Gasteiger partial charge < -0.3 is 15.1 Å². The molecule has 132 valence electrons. The highest BCUT2D eigenvalue weighted by Gasteiger charge is 2.24. The molecule has 2 heterocycles. The number of hydrogen-bond donors (Lipinski definition) is 1. The molecule has 1 aromatic heterocycles. The van der Waals surface area contributed by atoms with Crippen LogP contribution in [0, 0.1) is 0 Å². The Bertz CT molecular complexity index is 746. The zero-order valence-corrected chi connectivity index (χ0v) is 16.0. The third-order valence-electron chi connectivity index (χ3n) is 4.06. The standard InChI is InChI=1S/C17H18Cl2N4OS/c1-25-15-5-3-2-4-14(15)21-17(24)23-8-6-22(7-9-23)16-12(18)10-20-11-13(16)19/h2-5,10-11H,6-9H2,1H3,(H,21,24). The molecule has 8 heteroatoms. The number of amides is 2. The molecule has 0 bridgehead atoms. The Morgan fingerprint density at radius 2 is 1.76 bits per heavy atom. The quantitative estimate of drug-likeness (QED) is 0.777. The van der Waals surface area contributed by atoms with E-state index < -0.39 is 0 Å². The zero-order valence-electron chi connectivity index (χ0n) is 13.7. The minimum atomic E-state index is -0.0897. The van der Waals surface area contributed by atoms with Crippen molar-refractivity contribution in [1.29, 1.82) is 0 Å². The number of hydrogen-bond acceptors (Lipinski definition) is 4. The Balaban J connectivity index is 1.63. The van der Waals surface area contributed by atoms with Crippen molar-refractivity contribution < 1.29 is 4.79 Å². The lowest BCUT2D eigenvalue weighted by Crippen LogP contribution is -2.50. The molecule has 0 aliphatic carbocycles. The summed E-state index contributed by atoms with van der Waals surface area (Å²) < 4.78 is 0. The van der Waals surface area contributed by atoms with Crippen LogP contribution < -0.4 is 10.2 Å². The van der Waals surface area contributed by atoms with Gasteiger partial charge in [0.25, 0.3) is 0 Å². The summed E-state index contributed by atoms with van der Waals surface area (Å²) in [5.74, 6) is 0. The van der Waals surface area contributed by atoms with Gasteiger partial charge in [0.2, 0.25) is 0 Å². The van der Waals surface area contributed by atoms with Gasteiger partial charge in [-0.05, 0) is 18.4 Å². The molecule has 0 saturated carbocycles. The smallest absolute Gasteiger partial charge is 0.321 e. The van der Waals surface area contributed by atoms with Crippen LogP contribution >= 0.6 is 35.0 Å². The first kappa shape index (κ1) is 18.2. The van der Waals surface area contributed by atoms with Crippen LogP contribution in [0.25, 0.3) is 0 Å². The zero-order chi connectivity index (χ0) is 17.8. The molecule has 5 nitrogen and oxygen atoms in total. The summed E-state index contributed by atoms with van der Waals surface area (Å²) >= 11 is 14.0. The van der Waals surface area contributed by atoms with Gasteiger partial charge in [-0.1, -0.05) is 35.3 Å². The summed E-state index contributed by atoms with van der Waals surface area (Å²) in [5.41, 5.74) is 1.62. The second-order valence-corrected chi connectivity index (χ2v) is 7.22. The van der Waals surface area contributed by atoms with Crippen molar-refractivity contribution in [2.24, 2.45) is 0 Å². The van der Waals surface area contributed by atoms with Crippen molar-refractivity contribution in [2.75, 3.05) is 42.7 Å². The summed E-state index contributed by atoms with van der Waals surface area (Å²) in [6.07, 6.45) is 5.16. The van der Waals surface area contributed by atoms with Crippen LogP contribution in [-0.2, 0) is 0 Å². The van der Waals surface area contributed by atoms with E-state index in [0.29, 0.717) is 36.2 Å². The van der Waals surface area contributed by atoms with Crippen LogP contribution in [-0.4, -0.2) is 48.3 Å². The number of aromatic nitrogens is 1. The van der Waals surface area contributed by atoms with Gasteiger partial charge >= 0.3 is 6.03 Å². The number of carbonyl (C=O) groups excluding carboxylic acids is 1. The van der Waals surface area contributed by atoms with E-state index in [0.717, 1.165) is 16.3 Å². The average Bonchev–Trinajstić information content (AvgIpc) is 2.62. The number of halogens is 2. The Morgan fingerprint density at radius 1 is 1.12 bits per heavy atom. The molecule has 3 rings (SSSR count). The normalized spacial score (nSPS) is 14.5. The molecular formula is C17H18Cl2N4OS. The maximum absolute atomic E-state index is 12.5. The number of nitrogens with zero attached hydrogens (tertiary/aromatic N) is 3. The van der Waals surface area contributed by atoms with Gasteiger partial charge in [-0.25, -0.2) is 4.79 Å². The first-order valence-electron chi connectivity index (χ1n) is 7.83. The Labute approximate surface area is 161 Å². The summed E-state index contributed by atoms with van der Waals surface area (Å²) in [6, 6.07) is 7.69. The van der Waals surface area contributed by atoms with Crippen LogP contribution in [0.15, 0.2) is 41.6 Å². The minimum absolute atomic E-state index is 0.0897. The third kappa shape index (κ3) is 4.14. The third-order valence-corrected chi connectivity index (χ3v) is 5.41. The van der Waals surface area contributed by atoms with Crippen LogP contribution in [0.3, 0.4) is 0 Å². The molecule has 25 heavy (non-hydrogen) atoms. The first-order chi connectivity index (χ1) is 12.1. The van der Waals surface area contributed by atoms with Crippen LogP contribution in [0.1, 0.15) is 0 Å². The van der Waals surface area contributed by atoms with E-state index in [9.17, 15) is 4.79 Å². The molecule has 1 aromatic carbocycles. The lowest BCUT2D eigenvalue weighted by molar-refractivity contribution is 0.208. The van der Waals surface area contributed by atoms with Crippen molar-refractivity contribution in [3.63, 3.8) is 0 Å². The van der Waals surface area contributed by atoms with E-state index in [1.165, 1.54) is 0 Å².